The molecular weight excluding hydrogens is 465 g/mol. The summed E-state index contributed by atoms with van der Waals surface area (Å²) < 4.78 is 0. The number of halogens is 1. The number of guanidine groups is 1. The molecule has 1 atom stereocenters. The van der Waals surface area contributed by atoms with E-state index in [1.165, 1.54) is 5.69 Å². The summed E-state index contributed by atoms with van der Waals surface area (Å²) in [5.41, 5.74) is 1.25. The van der Waals surface area contributed by atoms with Crippen molar-refractivity contribution in [2.45, 2.75) is 45.6 Å². The molecule has 1 aromatic carbocycles. The van der Waals surface area contributed by atoms with Crippen molar-refractivity contribution in [3.05, 3.63) is 30.3 Å². The standard InChI is InChI=1S/C21H35N5O.HI/c1-4-20(27)26-16-13-18(17-26)24-21(22-5-2)23-14-9-10-15-25(3)19-11-7-6-8-12-19;/h6-8,11-12,18H,4-5,9-10,13-17H2,1-3H3,(H2,22,23,24);1H. The largest absolute Gasteiger partial charge is 0.375 e. The fraction of sp³-hybridized carbons (Fsp3) is 0.619. The lowest BCUT2D eigenvalue weighted by Gasteiger charge is -2.19. The van der Waals surface area contributed by atoms with Crippen molar-refractivity contribution < 1.29 is 4.79 Å². The molecule has 6 nitrogen and oxygen atoms in total. The predicted octanol–water partition coefficient (Wildman–Crippen LogP) is 3.09. The number of unbranched alkanes of at least 4 members (excludes halogenated alkanes) is 1. The second kappa shape index (κ2) is 13.6. The number of nitrogens with one attached hydrogen (secondary N) is 2. The molecule has 0 saturated carbocycles. The lowest BCUT2D eigenvalue weighted by atomic mass is 10.2. The van der Waals surface area contributed by atoms with E-state index in [0.29, 0.717) is 12.5 Å². The molecular formula is C21H36IN5O. The topological polar surface area (TPSA) is 60.0 Å². The lowest BCUT2D eigenvalue weighted by Crippen LogP contribution is -2.45. The van der Waals surface area contributed by atoms with Gasteiger partial charge in [0.2, 0.25) is 5.91 Å². The van der Waals surface area contributed by atoms with E-state index in [-0.39, 0.29) is 29.9 Å². The highest BCUT2D eigenvalue weighted by atomic mass is 127. The van der Waals surface area contributed by atoms with Crippen LogP contribution in [0.1, 0.15) is 39.5 Å². The zero-order valence-corrected chi connectivity index (χ0v) is 19.8. The van der Waals surface area contributed by atoms with Crippen LogP contribution in [-0.4, -0.2) is 62.6 Å². The van der Waals surface area contributed by atoms with Crippen molar-refractivity contribution in [2.24, 2.45) is 4.99 Å². The maximum atomic E-state index is 11.8. The third kappa shape index (κ3) is 8.24. The zero-order chi connectivity index (χ0) is 19.5. The van der Waals surface area contributed by atoms with Crippen LogP contribution < -0.4 is 15.5 Å². The SMILES string of the molecule is CCNC(=NCCCCN(C)c1ccccc1)NC1CCN(C(=O)CC)C1.I. The Hall–Kier alpha value is -1.51. The Balaban J connectivity index is 0.00000392. The van der Waals surface area contributed by atoms with Crippen molar-refractivity contribution in [3.63, 3.8) is 0 Å². The summed E-state index contributed by atoms with van der Waals surface area (Å²) in [6.45, 7) is 8.29. The molecule has 28 heavy (non-hydrogen) atoms. The second-order valence-electron chi connectivity index (χ2n) is 7.05. The van der Waals surface area contributed by atoms with E-state index in [0.717, 1.165) is 57.9 Å². The van der Waals surface area contributed by atoms with Crippen molar-refractivity contribution in [1.29, 1.82) is 0 Å². The molecule has 1 saturated heterocycles. The van der Waals surface area contributed by atoms with Gasteiger partial charge in [-0.2, -0.15) is 0 Å². The van der Waals surface area contributed by atoms with Crippen molar-refractivity contribution >= 4 is 41.5 Å². The molecule has 0 aliphatic carbocycles. The molecule has 0 radical (unpaired) electrons. The van der Waals surface area contributed by atoms with Gasteiger partial charge in [-0.15, -0.1) is 24.0 Å². The minimum atomic E-state index is 0. The number of amides is 1. The van der Waals surface area contributed by atoms with E-state index in [1.807, 2.05) is 17.9 Å². The molecule has 2 rings (SSSR count). The van der Waals surface area contributed by atoms with Crippen LogP contribution in [0.3, 0.4) is 0 Å². The summed E-state index contributed by atoms with van der Waals surface area (Å²) in [4.78, 5) is 20.8. The Labute approximate surface area is 187 Å². The molecule has 1 unspecified atom stereocenters. The van der Waals surface area contributed by atoms with Gasteiger partial charge < -0.3 is 20.4 Å². The molecule has 0 spiro atoms. The summed E-state index contributed by atoms with van der Waals surface area (Å²) in [5.74, 6) is 1.11. The Morgan fingerprint density at radius 1 is 1.25 bits per heavy atom. The van der Waals surface area contributed by atoms with Crippen LogP contribution in [0.25, 0.3) is 0 Å². The van der Waals surface area contributed by atoms with Gasteiger partial charge in [-0.1, -0.05) is 25.1 Å². The number of benzene rings is 1. The molecule has 7 heteroatoms. The van der Waals surface area contributed by atoms with Gasteiger partial charge >= 0.3 is 0 Å². The number of nitrogens with zero attached hydrogens (tertiary/aromatic N) is 3. The summed E-state index contributed by atoms with van der Waals surface area (Å²) in [5, 5.41) is 6.80. The first kappa shape index (κ1) is 24.5. The maximum Gasteiger partial charge on any atom is 0.222 e. The third-order valence-electron chi connectivity index (χ3n) is 4.90. The summed E-state index contributed by atoms with van der Waals surface area (Å²) in [7, 11) is 2.13. The van der Waals surface area contributed by atoms with Crippen LogP contribution in [-0.2, 0) is 4.79 Å². The molecule has 158 valence electrons. The van der Waals surface area contributed by atoms with E-state index in [1.54, 1.807) is 0 Å². The molecule has 1 aromatic rings. The smallest absolute Gasteiger partial charge is 0.222 e. The lowest BCUT2D eigenvalue weighted by molar-refractivity contribution is -0.129. The minimum Gasteiger partial charge on any atom is -0.375 e. The number of anilines is 1. The Morgan fingerprint density at radius 2 is 2.00 bits per heavy atom. The zero-order valence-electron chi connectivity index (χ0n) is 17.5. The first-order chi connectivity index (χ1) is 13.1. The molecule has 0 bridgehead atoms. The number of rotatable bonds is 9. The maximum absolute atomic E-state index is 11.8. The monoisotopic (exact) mass is 501 g/mol. The van der Waals surface area contributed by atoms with Gasteiger partial charge in [0, 0.05) is 57.9 Å². The molecule has 2 N–H and O–H groups in total. The van der Waals surface area contributed by atoms with Crippen LogP contribution in [0.4, 0.5) is 5.69 Å². The average molecular weight is 501 g/mol. The fourth-order valence-corrected chi connectivity index (χ4v) is 3.30. The van der Waals surface area contributed by atoms with Crippen LogP contribution in [0.5, 0.6) is 0 Å². The predicted molar refractivity (Wildman–Crippen MR) is 129 cm³/mol. The van der Waals surface area contributed by atoms with Gasteiger partial charge in [0.25, 0.3) is 0 Å². The van der Waals surface area contributed by atoms with Crippen molar-refractivity contribution in [3.8, 4) is 0 Å². The molecule has 0 aromatic heterocycles. The van der Waals surface area contributed by atoms with Crippen LogP contribution in [0.2, 0.25) is 0 Å². The van der Waals surface area contributed by atoms with Crippen molar-refractivity contribution in [2.75, 3.05) is 44.7 Å². The highest BCUT2D eigenvalue weighted by Gasteiger charge is 2.25. The first-order valence-electron chi connectivity index (χ1n) is 10.2. The van der Waals surface area contributed by atoms with E-state index < -0.39 is 0 Å². The normalized spacial score (nSPS) is 16.5. The molecule has 1 aliphatic rings. The van der Waals surface area contributed by atoms with E-state index in [9.17, 15) is 4.79 Å². The molecule has 1 amide bonds. The molecule has 1 fully saturated rings. The Morgan fingerprint density at radius 3 is 2.68 bits per heavy atom. The number of carbonyl (C=O) groups is 1. The number of para-hydroxylation sites is 1. The van der Waals surface area contributed by atoms with Gasteiger partial charge in [-0.3, -0.25) is 9.79 Å². The fourth-order valence-electron chi connectivity index (χ4n) is 3.30. The minimum absolute atomic E-state index is 0. The van der Waals surface area contributed by atoms with E-state index in [2.05, 4.69) is 53.8 Å². The Bertz CT molecular complexity index is 596. The molecule has 1 heterocycles. The van der Waals surface area contributed by atoms with Crippen LogP contribution >= 0.6 is 24.0 Å². The van der Waals surface area contributed by atoms with Gasteiger partial charge in [0.05, 0.1) is 0 Å². The Kier molecular flexibility index (Phi) is 11.9. The van der Waals surface area contributed by atoms with Gasteiger partial charge in [0.1, 0.15) is 0 Å². The van der Waals surface area contributed by atoms with Gasteiger partial charge in [-0.05, 0) is 38.3 Å². The second-order valence-corrected chi connectivity index (χ2v) is 7.05. The highest BCUT2D eigenvalue weighted by Crippen LogP contribution is 2.12. The number of hydrogen-bond donors (Lipinski definition) is 2. The summed E-state index contributed by atoms with van der Waals surface area (Å²) in [6, 6.07) is 10.8. The van der Waals surface area contributed by atoms with Crippen molar-refractivity contribution in [1.82, 2.24) is 15.5 Å². The van der Waals surface area contributed by atoms with Gasteiger partial charge in [-0.25, -0.2) is 0 Å². The summed E-state index contributed by atoms with van der Waals surface area (Å²) >= 11 is 0. The van der Waals surface area contributed by atoms with E-state index >= 15 is 0 Å². The number of hydrogen-bond acceptors (Lipinski definition) is 3. The number of carbonyl (C=O) groups excluding carboxylic acids is 1. The van der Waals surface area contributed by atoms with Crippen LogP contribution in [0, 0.1) is 0 Å². The number of likely N-dealkylation sites (tertiary alicyclic amines) is 1. The quantitative estimate of drug-likeness (QED) is 0.236. The summed E-state index contributed by atoms with van der Waals surface area (Å²) in [6.07, 6.45) is 3.73. The highest BCUT2D eigenvalue weighted by molar-refractivity contribution is 14.0. The average Bonchev–Trinajstić information content (AvgIpc) is 3.16. The number of aliphatic imine (C=N–C) groups is 1. The molecule has 1 aliphatic heterocycles. The third-order valence-corrected chi connectivity index (χ3v) is 4.90. The van der Waals surface area contributed by atoms with E-state index in [4.69, 9.17) is 4.99 Å². The first-order valence-corrected chi connectivity index (χ1v) is 10.2. The van der Waals surface area contributed by atoms with Gasteiger partial charge in [0.15, 0.2) is 5.96 Å². The van der Waals surface area contributed by atoms with Crippen LogP contribution in [0.15, 0.2) is 35.3 Å².